The molecule has 5 rings (SSSR count). The minimum atomic E-state index is -3.55. The maximum Gasteiger partial charge on any atom is 0.245 e. The zero-order valence-corrected chi connectivity index (χ0v) is 26.7. The molecule has 0 aliphatic heterocycles. The van der Waals surface area contributed by atoms with Crippen LogP contribution in [0.4, 0.5) is 0 Å². The third kappa shape index (κ3) is 8.13. The van der Waals surface area contributed by atoms with E-state index in [1.807, 2.05) is 48.5 Å². The largest absolute Gasteiger partial charge is 0.322 e. The van der Waals surface area contributed by atoms with Crippen LogP contribution in [-0.4, -0.2) is 6.10 Å². The first-order valence-electron chi connectivity index (χ1n) is 15.9. The van der Waals surface area contributed by atoms with Crippen molar-refractivity contribution in [1.29, 1.82) is 0 Å². The van der Waals surface area contributed by atoms with E-state index in [1.54, 1.807) is 0 Å². The molecule has 1 aliphatic rings. The fourth-order valence-corrected chi connectivity index (χ4v) is 9.59. The average Bonchev–Trinajstić information content (AvgIpc) is 3.03. The number of hydrogen-bond acceptors (Lipinski definition) is 4. The highest BCUT2D eigenvalue weighted by molar-refractivity contribution is 7.59. The summed E-state index contributed by atoms with van der Waals surface area (Å²) in [5.41, 5.74) is 4.26. The third-order valence-corrected chi connectivity index (χ3v) is 11.9. The van der Waals surface area contributed by atoms with Gasteiger partial charge in [-0.15, -0.1) is 0 Å². The Hall–Kier alpha value is -3.01. The van der Waals surface area contributed by atoms with Gasteiger partial charge in [0.05, 0.1) is 6.10 Å². The van der Waals surface area contributed by atoms with E-state index in [-0.39, 0.29) is 6.10 Å². The zero-order valence-electron chi connectivity index (χ0n) is 25.8. The van der Waals surface area contributed by atoms with Gasteiger partial charge in [0.15, 0.2) is 0 Å². The van der Waals surface area contributed by atoms with Gasteiger partial charge in [0.2, 0.25) is 7.37 Å². The molecule has 4 aromatic carbocycles. The Labute approximate surface area is 258 Å². The summed E-state index contributed by atoms with van der Waals surface area (Å²) in [4.78, 5) is 0. The van der Waals surface area contributed by atoms with Crippen LogP contribution in [0.5, 0.6) is 0 Å². The highest BCUT2D eigenvalue weighted by Gasteiger charge is 2.47. The van der Waals surface area contributed by atoms with Crippen LogP contribution in [0.15, 0.2) is 121 Å². The van der Waals surface area contributed by atoms with Crippen molar-refractivity contribution in [3.8, 4) is 0 Å². The zero-order chi connectivity index (χ0) is 30.1. The summed E-state index contributed by atoms with van der Waals surface area (Å²) in [6, 6.07) is 41.2. The second-order valence-electron chi connectivity index (χ2n) is 12.5. The van der Waals surface area contributed by atoms with E-state index in [4.69, 9.17) is 4.52 Å². The molecule has 0 heterocycles. The summed E-state index contributed by atoms with van der Waals surface area (Å²) in [6.07, 6.45) is 3.14. The molecule has 5 atom stereocenters. The van der Waals surface area contributed by atoms with Crippen molar-refractivity contribution in [2.75, 3.05) is 0 Å². The maximum absolute atomic E-state index is 16.3. The molecule has 1 fully saturated rings. The molecule has 0 aromatic heterocycles. The average molecular weight is 595 g/mol. The van der Waals surface area contributed by atoms with Gasteiger partial charge in [0.25, 0.3) is 0 Å². The van der Waals surface area contributed by atoms with E-state index in [2.05, 4.69) is 104 Å². The summed E-state index contributed by atoms with van der Waals surface area (Å²) >= 11 is 0. The molecule has 226 valence electrons. The van der Waals surface area contributed by atoms with Crippen LogP contribution in [-0.2, 0) is 22.2 Å². The van der Waals surface area contributed by atoms with Gasteiger partial charge in [-0.05, 0) is 52.8 Å². The molecular weight excluding hydrogens is 547 g/mol. The van der Waals surface area contributed by atoms with Gasteiger partial charge in [-0.3, -0.25) is 15.2 Å². The molecule has 0 bridgehead atoms. The minimum Gasteiger partial charge on any atom is -0.322 e. The van der Waals surface area contributed by atoms with E-state index in [9.17, 15) is 0 Å². The van der Waals surface area contributed by atoms with Crippen molar-refractivity contribution in [2.24, 2.45) is 17.8 Å². The Morgan fingerprint density at radius 1 is 0.674 bits per heavy atom. The molecule has 2 N–H and O–H groups in total. The van der Waals surface area contributed by atoms with Gasteiger partial charge in [0, 0.05) is 13.1 Å². The van der Waals surface area contributed by atoms with Gasteiger partial charge >= 0.3 is 0 Å². The second kappa shape index (κ2) is 15.1. The van der Waals surface area contributed by atoms with Gasteiger partial charge in [-0.25, -0.2) is 0 Å². The predicted octanol–water partition coefficient (Wildman–Crippen LogP) is 9.72. The highest BCUT2D eigenvalue weighted by atomic mass is 31.2. The SMILES string of the molecule is CC(C)[C@H]1CC[C@@H](C)C[C@@H]1OP(=O)([C@H](NCc1ccccc1)c1ccccc1)[C@H](NCc1ccccc1)c1ccccc1. The molecule has 0 saturated heterocycles. The number of hydrogen-bond donors (Lipinski definition) is 2. The first-order chi connectivity index (χ1) is 20.9. The predicted molar refractivity (Wildman–Crippen MR) is 179 cm³/mol. The van der Waals surface area contributed by atoms with Crippen molar-refractivity contribution >= 4 is 7.37 Å². The smallest absolute Gasteiger partial charge is 0.245 e. The summed E-state index contributed by atoms with van der Waals surface area (Å²) in [7, 11) is -3.55. The highest BCUT2D eigenvalue weighted by Crippen LogP contribution is 2.69. The van der Waals surface area contributed by atoms with E-state index in [1.165, 1.54) is 6.42 Å². The summed E-state index contributed by atoms with van der Waals surface area (Å²) in [5.74, 6) is 0.333. The van der Waals surface area contributed by atoms with Gasteiger partial charge in [-0.2, -0.15) is 0 Å². The molecule has 1 saturated carbocycles. The molecule has 0 unspecified atom stereocenters. The summed E-state index contributed by atoms with van der Waals surface area (Å²) in [6.45, 7) is 8.05. The first kappa shape index (κ1) is 31.4. The number of benzene rings is 4. The topological polar surface area (TPSA) is 50.4 Å². The number of rotatable bonds is 13. The van der Waals surface area contributed by atoms with Crippen LogP contribution in [0.2, 0.25) is 0 Å². The fraction of sp³-hybridized carbons (Fsp3) is 0.368. The Balaban J connectivity index is 1.62. The Morgan fingerprint density at radius 2 is 1.09 bits per heavy atom. The van der Waals surface area contributed by atoms with E-state index >= 15 is 4.57 Å². The van der Waals surface area contributed by atoms with E-state index in [0.717, 1.165) is 35.1 Å². The maximum atomic E-state index is 16.3. The lowest BCUT2D eigenvalue weighted by atomic mass is 9.75. The van der Waals surface area contributed by atoms with Crippen LogP contribution in [0, 0.1) is 17.8 Å². The van der Waals surface area contributed by atoms with Crippen molar-refractivity contribution < 1.29 is 9.09 Å². The van der Waals surface area contributed by atoms with Crippen molar-refractivity contribution in [1.82, 2.24) is 10.6 Å². The molecule has 43 heavy (non-hydrogen) atoms. The van der Waals surface area contributed by atoms with Crippen LogP contribution in [0.3, 0.4) is 0 Å². The molecule has 0 spiro atoms. The second-order valence-corrected chi connectivity index (χ2v) is 15.0. The first-order valence-corrected chi connectivity index (χ1v) is 17.6. The summed E-state index contributed by atoms with van der Waals surface area (Å²) < 4.78 is 23.5. The standard InChI is InChI=1S/C38H47N2O2P/c1-29(2)35-25-24-30(3)26-36(35)42-43(41,37(33-20-12-6-13-21-33)39-27-31-16-8-4-9-17-31)38(34-22-14-7-15-23-34)40-28-32-18-10-5-11-19-32/h4-23,29-30,35-40H,24-28H2,1-3H3/t30-,35-,36+,37+,38+/m1/s1. The Bertz CT molecular complexity index is 1320. The lowest BCUT2D eigenvalue weighted by molar-refractivity contribution is 0.0442. The van der Waals surface area contributed by atoms with Crippen molar-refractivity contribution in [2.45, 2.75) is 70.8 Å². The Morgan fingerprint density at radius 3 is 1.51 bits per heavy atom. The monoisotopic (exact) mass is 594 g/mol. The van der Waals surface area contributed by atoms with Gasteiger partial charge in [-0.1, -0.05) is 149 Å². The van der Waals surface area contributed by atoms with Crippen LogP contribution in [0.25, 0.3) is 0 Å². The van der Waals surface area contributed by atoms with Crippen LogP contribution in [0.1, 0.15) is 73.9 Å². The molecule has 4 nitrogen and oxygen atoms in total. The molecule has 5 heteroatoms. The van der Waals surface area contributed by atoms with Crippen LogP contribution < -0.4 is 10.6 Å². The third-order valence-electron chi connectivity index (χ3n) is 8.90. The van der Waals surface area contributed by atoms with Crippen LogP contribution >= 0.6 is 7.37 Å². The normalized spacial score (nSPS) is 20.5. The van der Waals surface area contributed by atoms with E-state index in [0.29, 0.717) is 30.8 Å². The lowest BCUT2D eigenvalue weighted by Crippen LogP contribution is -2.37. The molecule has 1 aliphatic carbocycles. The van der Waals surface area contributed by atoms with Gasteiger partial charge < -0.3 is 4.52 Å². The molecule has 4 aromatic rings. The lowest BCUT2D eigenvalue weighted by Gasteiger charge is -2.43. The molecular formula is C38H47N2O2P. The quantitative estimate of drug-likeness (QED) is 0.151. The number of nitrogens with one attached hydrogen (secondary N) is 2. The minimum absolute atomic E-state index is 0.0796. The Kier molecular flexibility index (Phi) is 11.1. The van der Waals surface area contributed by atoms with Crippen molar-refractivity contribution in [3.05, 3.63) is 144 Å². The van der Waals surface area contributed by atoms with Gasteiger partial charge in [0.1, 0.15) is 11.6 Å². The fourth-order valence-electron chi connectivity index (χ4n) is 6.52. The van der Waals surface area contributed by atoms with Crippen molar-refractivity contribution in [3.63, 3.8) is 0 Å². The summed E-state index contributed by atoms with van der Waals surface area (Å²) in [5, 5.41) is 7.52. The molecule has 0 amide bonds. The van der Waals surface area contributed by atoms with E-state index < -0.39 is 18.9 Å². The molecule has 0 radical (unpaired) electrons.